The molecule has 4 nitrogen and oxygen atoms in total. The maximum Gasteiger partial charge on any atom is 0.206 e. The molecule has 0 aromatic heterocycles. The second-order valence-corrected chi connectivity index (χ2v) is 2.73. The Balaban J connectivity index is 2.90. The van der Waals surface area contributed by atoms with E-state index in [1.54, 1.807) is 30.3 Å². The SMILES string of the molecule is COC(C#N)C(=O)c1ccc(N)cc1. The van der Waals surface area contributed by atoms with Crippen LogP contribution < -0.4 is 5.73 Å². The van der Waals surface area contributed by atoms with Gasteiger partial charge in [0, 0.05) is 18.4 Å². The van der Waals surface area contributed by atoms with E-state index < -0.39 is 6.10 Å². The summed E-state index contributed by atoms with van der Waals surface area (Å²) >= 11 is 0. The third-order valence-corrected chi connectivity index (χ3v) is 1.79. The predicted octanol–water partition coefficient (Wildman–Crippen LogP) is 0.990. The van der Waals surface area contributed by atoms with Gasteiger partial charge in [0.05, 0.1) is 0 Å². The summed E-state index contributed by atoms with van der Waals surface area (Å²) in [6.45, 7) is 0. The van der Waals surface area contributed by atoms with E-state index in [9.17, 15) is 4.79 Å². The maximum atomic E-state index is 11.5. The van der Waals surface area contributed by atoms with Crippen molar-refractivity contribution in [3.63, 3.8) is 0 Å². The summed E-state index contributed by atoms with van der Waals surface area (Å²) in [7, 11) is 1.32. The molecule has 72 valence electrons. The summed E-state index contributed by atoms with van der Waals surface area (Å²) in [6, 6.07) is 8.12. The first kappa shape index (κ1) is 10.2. The molecule has 1 aromatic carbocycles. The van der Waals surface area contributed by atoms with Gasteiger partial charge in [-0.2, -0.15) is 5.26 Å². The van der Waals surface area contributed by atoms with Gasteiger partial charge in [-0.15, -0.1) is 0 Å². The fourth-order valence-electron chi connectivity index (χ4n) is 1.02. The molecule has 0 aliphatic heterocycles. The Hall–Kier alpha value is -1.86. The van der Waals surface area contributed by atoms with Crippen LogP contribution in [0.15, 0.2) is 24.3 Å². The highest BCUT2D eigenvalue weighted by Crippen LogP contribution is 2.09. The average Bonchev–Trinajstić information content (AvgIpc) is 2.20. The quantitative estimate of drug-likeness (QED) is 0.569. The number of nitrogens with two attached hydrogens (primary N) is 1. The van der Waals surface area contributed by atoms with Gasteiger partial charge in [-0.25, -0.2) is 0 Å². The Bertz CT molecular complexity index is 365. The summed E-state index contributed by atoms with van der Waals surface area (Å²) in [5.74, 6) is -0.352. The van der Waals surface area contributed by atoms with Gasteiger partial charge in [-0.1, -0.05) is 0 Å². The van der Waals surface area contributed by atoms with Crippen LogP contribution in [0.25, 0.3) is 0 Å². The van der Waals surface area contributed by atoms with E-state index in [4.69, 9.17) is 15.7 Å². The predicted molar refractivity (Wildman–Crippen MR) is 51.6 cm³/mol. The summed E-state index contributed by atoms with van der Waals surface area (Å²) < 4.78 is 4.70. The average molecular weight is 190 g/mol. The number of ether oxygens (including phenoxy) is 1. The molecule has 0 fully saturated rings. The number of benzene rings is 1. The molecule has 0 spiro atoms. The molecule has 0 radical (unpaired) electrons. The molecule has 0 bridgehead atoms. The van der Waals surface area contributed by atoms with Crippen molar-refractivity contribution >= 4 is 11.5 Å². The topological polar surface area (TPSA) is 76.1 Å². The number of methoxy groups -OCH3 is 1. The molecule has 1 unspecified atom stereocenters. The molecule has 4 heteroatoms. The van der Waals surface area contributed by atoms with Crippen LogP contribution in [0.4, 0.5) is 5.69 Å². The molecular weight excluding hydrogens is 180 g/mol. The number of carbonyl (C=O) groups is 1. The zero-order chi connectivity index (χ0) is 10.6. The van der Waals surface area contributed by atoms with Crippen molar-refractivity contribution in [2.24, 2.45) is 0 Å². The molecule has 0 amide bonds. The van der Waals surface area contributed by atoms with Crippen LogP contribution in [0.1, 0.15) is 10.4 Å². The first-order valence-electron chi connectivity index (χ1n) is 4.01. The van der Waals surface area contributed by atoms with E-state index in [0.717, 1.165) is 0 Å². The second-order valence-electron chi connectivity index (χ2n) is 2.73. The number of rotatable bonds is 3. The highest BCUT2D eigenvalue weighted by atomic mass is 16.5. The van der Waals surface area contributed by atoms with Crippen LogP contribution in [0.3, 0.4) is 0 Å². The van der Waals surface area contributed by atoms with Gasteiger partial charge in [0.1, 0.15) is 6.07 Å². The van der Waals surface area contributed by atoms with Crippen LogP contribution in [0, 0.1) is 11.3 Å². The van der Waals surface area contributed by atoms with Gasteiger partial charge in [-0.3, -0.25) is 4.79 Å². The molecule has 0 heterocycles. The van der Waals surface area contributed by atoms with Gasteiger partial charge in [-0.05, 0) is 24.3 Å². The van der Waals surface area contributed by atoms with Crippen molar-refractivity contribution < 1.29 is 9.53 Å². The minimum Gasteiger partial charge on any atom is -0.399 e. The number of nitrogen functional groups attached to an aromatic ring is 1. The normalized spacial score (nSPS) is 11.7. The summed E-state index contributed by atoms with van der Waals surface area (Å²) in [6.07, 6.45) is -1.04. The molecule has 1 aromatic rings. The van der Waals surface area contributed by atoms with E-state index in [1.807, 2.05) is 0 Å². The van der Waals surface area contributed by atoms with Gasteiger partial charge >= 0.3 is 0 Å². The highest BCUT2D eigenvalue weighted by molar-refractivity contribution is 6.01. The molecule has 0 aliphatic carbocycles. The Morgan fingerprint density at radius 2 is 2.07 bits per heavy atom. The van der Waals surface area contributed by atoms with E-state index in [2.05, 4.69) is 0 Å². The molecule has 0 saturated heterocycles. The maximum absolute atomic E-state index is 11.5. The lowest BCUT2D eigenvalue weighted by molar-refractivity contribution is 0.0735. The van der Waals surface area contributed by atoms with E-state index in [0.29, 0.717) is 11.3 Å². The van der Waals surface area contributed by atoms with Gasteiger partial charge in [0.15, 0.2) is 0 Å². The fourth-order valence-corrected chi connectivity index (χ4v) is 1.02. The van der Waals surface area contributed by atoms with Gasteiger partial charge in [0.2, 0.25) is 11.9 Å². The Morgan fingerprint density at radius 1 is 1.50 bits per heavy atom. The van der Waals surface area contributed by atoms with Crippen LogP contribution >= 0.6 is 0 Å². The lowest BCUT2D eigenvalue weighted by Gasteiger charge is -2.05. The number of anilines is 1. The minimum atomic E-state index is -1.04. The summed E-state index contributed by atoms with van der Waals surface area (Å²) in [5.41, 5.74) is 6.46. The molecular formula is C10H10N2O2. The molecule has 0 aliphatic rings. The van der Waals surface area contributed by atoms with E-state index in [-0.39, 0.29) is 5.78 Å². The molecule has 1 atom stereocenters. The zero-order valence-electron chi connectivity index (χ0n) is 7.73. The lowest BCUT2D eigenvalue weighted by atomic mass is 10.1. The number of nitriles is 1. The molecule has 14 heavy (non-hydrogen) atoms. The fraction of sp³-hybridized carbons (Fsp3) is 0.200. The Labute approximate surface area is 81.9 Å². The lowest BCUT2D eigenvalue weighted by Crippen LogP contribution is -2.20. The van der Waals surface area contributed by atoms with Crippen molar-refractivity contribution in [2.75, 3.05) is 12.8 Å². The van der Waals surface area contributed by atoms with Crippen molar-refractivity contribution in [3.05, 3.63) is 29.8 Å². The van der Waals surface area contributed by atoms with Crippen molar-refractivity contribution in [2.45, 2.75) is 6.10 Å². The summed E-state index contributed by atoms with van der Waals surface area (Å²) in [4.78, 5) is 11.5. The number of nitrogens with zero attached hydrogens (tertiary/aromatic N) is 1. The van der Waals surface area contributed by atoms with Crippen LogP contribution in [-0.4, -0.2) is 19.0 Å². The first-order chi connectivity index (χ1) is 6.69. The number of carbonyl (C=O) groups excluding carboxylic acids is 1. The Morgan fingerprint density at radius 3 is 2.50 bits per heavy atom. The van der Waals surface area contributed by atoms with Gasteiger partial charge in [0.25, 0.3) is 0 Å². The number of hydrogen-bond acceptors (Lipinski definition) is 4. The highest BCUT2D eigenvalue weighted by Gasteiger charge is 2.18. The number of ketones is 1. The molecule has 1 rings (SSSR count). The zero-order valence-corrected chi connectivity index (χ0v) is 7.73. The van der Waals surface area contributed by atoms with E-state index >= 15 is 0 Å². The van der Waals surface area contributed by atoms with Crippen molar-refractivity contribution in [1.82, 2.24) is 0 Å². The van der Waals surface area contributed by atoms with Crippen LogP contribution in [-0.2, 0) is 4.74 Å². The smallest absolute Gasteiger partial charge is 0.206 e. The second kappa shape index (κ2) is 4.40. The number of Topliss-reactive ketones (excluding diaryl/α,β-unsaturated/α-hetero) is 1. The largest absolute Gasteiger partial charge is 0.399 e. The van der Waals surface area contributed by atoms with Crippen LogP contribution in [0.5, 0.6) is 0 Å². The summed E-state index contributed by atoms with van der Waals surface area (Å²) in [5, 5.41) is 8.59. The standard InChI is InChI=1S/C10H10N2O2/c1-14-9(6-11)10(13)7-2-4-8(12)5-3-7/h2-5,9H,12H2,1H3. The molecule has 2 N–H and O–H groups in total. The third kappa shape index (κ3) is 2.09. The minimum absolute atomic E-state index is 0.352. The van der Waals surface area contributed by atoms with Crippen LogP contribution in [0.2, 0.25) is 0 Å². The van der Waals surface area contributed by atoms with E-state index in [1.165, 1.54) is 7.11 Å². The number of hydrogen-bond donors (Lipinski definition) is 1. The van der Waals surface area contributed by atoms with Gasteiger partial charge < -0.3 is 10.5 Å². The Kier molecular flexibility index (Phi) is 3.21. The first-order valence-corrected chi connectivity index (χ1v) is 4.01. The van der Waals surface area contributed by atoms with Crippen molar-refractivity contribution in [1.29, 1.82) is 5.26 Å². The molecule has 0 saturated carbocycles. The van der Waals surface area contributed by atoms with Crippen molar-refractivity contribution in [3.8, 4) is 6.07 Å². The third-order valence-electron chi connectivity index (χ3n) is 1.79. The monoisotopic (exact) mass is 190 g/mol.